The Morgan fingerprint density at radius 3 is 2.45 bits per heavy atom. The molecule has 1 aromatic carbocycles. The number of aliphatic hydroxyl groups is 1. The fraction of sp³-hybridized carbons (Fsp3) is 0.571. The molecule has 170 valence electrons. The highest BCUT2D eigenvalue weighted by atomic mass is 19.1. The molecule has 0 bridgehead atoms. The molecule has 10 heteroatoms. The Balaban J connectivity index is 2.12. The van der Waals surface area contributed by atoms with E-state index in [2.05, 4.69) is 15.2 Å². The maximum atomic E-state index is 14.9. The van der Waals surface area contributed by atoms with Crippen LogP contribution in [-0.4, -0.2) is 45.8 Å². The summed E-state index contributed by atoms with van der Waals surface area (Å²) in [5.41, 5.74) is -2.29. The van der Waals surface area contributed by atoms with Gasteiger partial charge in [0.05, 0.1) is 12.3 Å². The number of rotatable bonds is 10. The molecule has 1 aromatic heterocycles. The van der Waals surface area contributed by atoms with Gasteiger partial charge in [0, 0.05) is 38.2 Å². The van der Waals surface area contributed by atoms with Crippen LogP contribution in [0, 0.1) is 23.0 Å². The van der Waals surface area contributed by atoms with Gasteiger partial charge < -0.3 is 19.4 Å². The average Bonchev–Trinajstić information content (AvgIpc) is 3.37. The summed E-state index contributed by atoms with van der Waals surface area (Å²) < 4.78 is 40.4. The number of ether oxygens (including phenoxy) is 2. The highest BCUT2D eigenvalue weighted by molar-refractivity contribution is 5.95. The summed E-state index contributed by atoms with van der Waals surface area (Å²) >= 11 is 0. The zero-order valence-electron chi connectivity index (χ0n) is 18.3. The van der Waals surface area contributed by atoms with Crippen molar-refractivity contribution in [2.24, 2.45) is 16.5 Å². The van der Waals surface area contributed by atoms with E-state index in [4.69, 9.17) is 14.3 Å². The molecule has 0 radical (unpaired) electrons. The summed E-state index contributed by atoms with van der Waals surface area (Å²) in [5, 5.41) is 20.4. The second kappa shape index (κ2) is 8.60. The molecular weight excluding hydrogens is 410 g/mol. The lowest BCUT2D eigenvalue weighted by atomic mass is 9.72. The molecule has 0 saturated heterocycles. The average molecular weight is 438 g/mol. The van der Waals surface area contributed by atoms with Crippen LogP contribution in [0.3, 0.4) is 0 Å². The van der Waals surface area contributed by atoms with Crippen molar-refractivity contribution in [2.45, 2.75) is 51.7 Å². The van der Waals surface area contributed by atoms with E-state index in [9.17, 15) is 13.9 Å². The molecule has 1 atom stereocenters. The highest BCUT2D eigenvalue weighted by Crippen LogP contribution is 2.61. The van der Waals surface area contributed by atoms with Crippen LogP contribution in [0.2, 0.25) is 0 Å². The molecular formula is C21H28F2N4O4. The second-order valence-electron chi connectivity index (χ2n) is 8.15. The Hall–Kier alpha value is -2.43. The Labute approximate surface area is 179 Å². The number of oxime groups is 1. The summed E-state index contributed by atoms with van der Waals surface area (Å²) in [5.74, 6) is -3.17. The molecule has 1 saturated carbocycles. The molecule has 0 spiro atoms. The van der Waals surface area contributed by atoms with Crippen LogP contribution < -0.4 is 0 Å². The predicted octanol–water partition coefficient (Wildman–Crippen LogP) is 3.22. The number of methoxy groups -OCH3 is 2. The quantitative estimate of drug-likeness (QED) is 0.348. The lowest BCUT2D eigenvalue weighted by molar-refractivity contribution is -0.351. The largest absolute Gasteiger partial charge is 0.382 e. The van der Waals surface area contributed by atoms with Gasteiger partial charge >= 0.3 is 5.97 Å². The van der Waals surface area contributed by atoms with Crippen LogP contribution in [-0.2, 0) is 26.5 Å². The first-order valence-corrected chi connectivity index (χ1v) is 9.98. The summed E-state index contributed by atoms with van der Waals surface area (Å²) in [6.07, 6.45) is 3.79. The van der Waals surface area contributed by atoms with Crippen molar-refractivity contribution in [3.05, 3.63) is 48.1 Å². The maximum absolute atomic E-state index is 14.9. The first-order valence-electron chi connectivity index (χ1n) is 9.98. The smallest absolute Gasteiger partial charge is 0.346 e. The highest BCUT2D eigenvalue weighted by Gasteiger charge is 2.64. The Morgan fingerprint density at radius 2 is 1.97 bits per heavy atom. The van der Waals surface area contributed by atoms with Crippen LogP contribution in [0.1, 0.15) is 39.2 Å². The van der Waals surface area contributed by atoms with Crippen LogP contribution in [0.4, 0.5) is 8.78 Å². The van der Waals surface area contributed by atoms with Gasteiger partial charge in [-0.15, -0.1) is 0 Å². The van der Waals surface area contributed by atoms with Crippen molar-refractivity contribution in [1.29, 1.82) is 0 Å². The zero-order chi connectivity index (χ0) is 22.9. The van der Waals surface area contributed by atoms with Crippen molar-refractivity contribution in [2.75, 3.05) is 14.2 Å². The third kappa shape index (κ3) is 4.32. The van der Waals surface area contributed by atoms with Crippen LogP contribution in [0.25, 0.3) is 0 Å². The van der Waals surface area contributed by atoms with Gasteiger partial charge in [0.1, 0.15) is 29.9 Å². The zero-order valence-corrected chi connectivity index (χ0v) is 18.3. The van der Waals surface area contributed by atoms with E-state index in [0.717, 1.165) is 12.1 Å². The van der Waals surface area contributed by atoms with Crippen molar-refractivity contribution >= 4 is 5.71 Å². The molecule has 8 nitrogen and oxygen atoms in total. The van der Waals surface area contributed by atoms with Gasteiger partial charge in [0.25, 0.3) is 0 Å². The molecule has 0 aliphatic heterocycles. The fourth-order valence-corrected chi connectivity index (χ4v) is 3.91. The molecule has 1 fully saturated rings. The Kier molecular flexibility index (Phi) is 6.45. The number of halogens is 2. The minimum atomic E-state index is -1.79. The minimum absolute atomic E-state index is 0.0449. The van der Waals surface area contributed by atoms with E-state index in [-0.39, 0.29) is 18.0 Å². The maximum Gasteiger partial charge on any atom is 0.346 e. The Morgan fingerprint density at radius 1 is 1.29 bits per heavy atom. The van der Waals surface area contributed by atoms with Gasteiger partial charge in [0.15, 0.2) is 0 Å². The van der Waals surface area contributed by atoms with E-state index in [1.807, 2.05) is 13.8 Å². The number of hydrogen-bond acceptors (Lipinski definition) is 7. The van der Waals surface area contributed by atoms with Gasteiger partial charge in [-0.2, -0.15) is 5.10 Å². The number of aromatic nitrogens is 3. The third-order valence-electron chi connectivity index (χ3n) is 5.86. The van der Waals surface area contributed by atoms with Crippen molar-refractivity contribution in [3.8, 4) is 0 Å². The molecule has 1 aliphatic rings. The third-order valence-corrected chi connectivity index (χ3v) is 5.86. The van der Waals surface area contributed by atoms with Crippen LogP contribution >= 0.6 is 0 Å². The summed E-state index contributed by atoms with van der Waals surface area (Å²) in [7, 11) is 2.83. The number of hydrogen-bond donors (Lipinski definition) is 1. The minimum Gasteiger partial charge on any atom is -0.382 e. The summed E-state index contributed by atoms with van der Waals surface area (Å²) in [6.45, 7) is 5.24. The molecule has 1 unspecified atom stereocenters. The van der Waals surface area contributed by atoms with Crippen LogP contribution in [0.15, 0.2) is 36.0 Å². The summed E-state index contributed by atoms with van der Waals surface area (Å²) in [4.78, 5) is 9.45. The summed E-state index contributed by atoms with van der Waals surface area (Å²) in [6, 6.07) is 3.14. The molecule has 31 heavy (non-hydrogen) atoms. The molecule has 1 N–H and O–H groups in total. The van der Waals surface area contributed by atoms with Gasteiger partial charge in [-0.25, -0.2) is 18.4 Å². The lowest BCUT2D eigenvalue weighted by Crippen LogP contribution is -2.47. The van der Waals surface area contributed by atoms with Gasteiger partial charge in [-0.3, -0.25) is 0 Å². The Bertz CT molecular complexity index is 927. The SMILES string of the molecule is COC(C)(OC)ON=C(C(C)C)C1(C(O)(Cn2cncn2)c2ccc(F)cc2F)CC1. The van der Waals surface area contributed by atoms with Gasteiger partial charge in [-0.1, -0.05) is 25.1 Å². The monoisotopic (exact) mass is 438 g/mol. The van der Waals surface area contributed by atoms with Gasteiger partial charge in [0.2, 0.25) is 0 Å². The van der Waals surface area contributed by atoms with Crippen molar-refractivity contribution in [1.82, 2.24) is 14.8 Å². The molecule has 3 rings (SSSR count). The predicted molar refractivity (Wildman–Crippen MR) is 108 cm³/mol. The number of benzene rings is 1. The van der Waals surface area contributed by atoms with E-state index < -0.39 is 28.6 Å². The number of nitrogens with zero attached hydrogens (tertiary/aromatic N) is 4. The van der Waals surface area contributed by atoms with Crippen molar-refractivity contribution in [3.63, 3.8) is 0 Å². The van der Waals surface area contributed by atoms with Gasteiger partial charge in [-0.05, 0) is 24.8 Å². The first kappa shape index (κ1) is 23.2. The topological polar surface area (TPSA) is 91.0 Å². The molecule has 1 heterocycles. The van der Waals surface area contributed by atoms with E-state index in [1.54, 1.807) is 6.92 Å². The lowest BCUT2D eigenvalue weighted by Gasteiger charge is -2.39. The molecule has 2 aromatic rings. The molecule has 1 aliphatic carbocycles. The standard InChI is InChI=1S/C21H28F2N4O4/c1-14(2)18(26-31-19(3,29-4)30-5)20(8-9-20)21(28,11-27-13-24-12-25-27)16-7-6-15(22)10-17(16)23/h6-7,10,12-14,28H,8-9,11H2,1-5H3. The van der Waals surface area contributed by atoms with E-state index in [1.165, 1.54) is 37.6 Å². The molecule has 0 amide bonds. The first-order chi connectivity index (χ1) is 14.6. The fourth-order valence-electron chi connectivity index (χ4n) is 3.91. The second-order valence-corrected chi connectivity index (χ2v) is 8.15. The van der Waals surface area contributed by atoms with E-state index >= 15 is 0 Å². The van der Waals surface area contributed by atoms with Crippen LogP contribution in [0.5, 0.6) is 0 Å². The van der Waals surface area contributed by atoms with E-state index in [0.29, 0.717) is 18.6 Å². The van der Waals surface area contributed by atoms with Crippen molar-refractivity contribution < 1.29 is 28.2 Å². The normalized spacial score (nSPS) is 18.2.